The number of pyridine rings is 1. The Morgan fingerprint density at radius 1 is 1.35 bits per heavy atom. The van der Waals surface area contributed by atoms with Gasteiger partial charge < -0.3 is 15.7 Å². The van der Waals surface area contributed by atoms with E-state index < -0.39 is 5.82 Å². The van der Waals surface area contributed by atoms with Gasteiger partial charge in [-0.2, -0.15) is 0 Å². The average molecular weight is 494 g/mol. The van der Waals surface area contributed by atoms with Crippen molar-refractivity contribution < 1.29 is 14.3 Å². The fraction of sp³-hybridized carbons (Fsp3) is 0.200. The van der Waals surface area contributed by atoms with Crippen LogP contribution in [-0.2, 0) is 0 Å². The number of hydrogen-bond donors (Lipinski definition) is 3. The molecule has 2 rings (SSSR count). The molecular weight excluding hydrogens is 480 g/mol. The summed E-state index contributed by atoms with van der Waals surface area (Å²) in [5, 5.41) is 14.4. The SMILES string of the molecule is O=C(NCCCO)c1cc(Br)ncc1Nc1ccc(I)cc1F. The van der Waals surface area contributed by atoms with Crippen LogP contribution in [0.3, 0.4) is 0 Å². The van der Waals surface area contributed by atoms with E-state index in [1.54, 1.807) is 18.2 Å². The van der Waals surface area contributed by atoms with Crippen LogP contribution in [-0.4, -0.2) is 29.1 Å². The second-order valence-corrected chi connectivity index (χ2v) is 6.69. The molecule has 0 aliphatic carbocycles. The molecule has 0 bridgehead atoms. The van der Waals surface area contributed by atoms with E-state index in [0.717, 1.165) is 3.57 Å². The van der Waals surface area contributed by atoms with Crippen molar-refractivity contribution in [2.45, 2.75) is 6.42 Å². The van der Waals surface area contributed by atoms with E-state index in [4.69, 9.17) is 5.11 Å². The molecule has 0 aliphatic rings. The van der Waals surface area contributed by atoms with E-state index in [1.807, 2.05) is 22.6 Å². The maximum absolute atomic E-state index is 14.0. The van der Waals surface area contributed by atoms with Crippen molar-refractivity contribution in [3.05, 3.63) is 50.0 Å². The minimum atomic E-state index is -0.411. The molecule has 0 unspecified atom stereocenters. The summed E-state index contributed by atoms with van der Waals surface area (Å²) in [6, 6.07) is 6.32. The third kappa shape index (κ3) is 5.11. The molecule has 3 N–H and O–H groups in total. The number of carbonyl (C=O) groups excluding carboxylic acids is 1. The van der Waals surface area contributed by atoms with Gasteiger partial charge in [0.2, 0.25) is 0 Å². The van der Waals surface area contributed by atoms with Gasteiger partial charge in [0.05, 0.1) is 23.1 Å². The van der Waals surface area contributed by atoms with Crippen LogP contribution in [0.15, 0.2) is 35.1 Å². The lowest BCUT2D eigenvalue weighted by Crippen LogP contribution is -2.26. The standard InChI is InChI=1S/C15H14BrFIN3O2/c16-14-7-10(15(23)19-4-1-5-22)13(8-20-14)21-12-3-2-9(18)6-11(12)17/h2-3,6-8,21-22H,1,4-5H2,(H,19,23). The lowest BCUT2D eigenvalue weighted by atomic mass is 10.2. The van der Waals surface area contributed by atoms with Crippen molar-refractivity contribution in [1.82, 2.24) is 10.3 Å². The van der Waals surface area contributed by atoms with Gasteiger partial charge in [-0.3, -0.25) is 4.79 Å². The number of nitrogens with zero attached hydrogens (tertiary/aromatic N) is 1. The Morgan fingerprint density at radius 2 is 2.13 bits per heavy atom. The van der Waals surface area contributed by atoms with Crippen molar-refractivity contribution >= 4 is 55.8 Å². The summed E-state index contributed by atoms with van der Waals surface area (Å²) in [6.07, 6.45) is 1.93. The number of nitrogens with one attached hydrogen (secondary N) is 2. The summed E-state index contributed by atoms with van der Waals surface area (Å²) in [7, 11) is 0. The van der Waals surface area contributed by atoms with Crippen LogP contribution in [0.2, 0.25) is 0 Å². The third-order valence-corrected chi connectivity index (χ3v) is 4.04. The predicted octanol–water partition coefficient (Wildman–Crippen LogP) is 3.44. The molecular formula is C15H14BrFIN3O2. The van der Waals surface area contributed by atoms with Crippen molar-refractivity contribution in [3.63, 3.8) is 0 Å². The number of anilines is 2. The van der Waals surface area contributed by atoms with Crippen LogP contribution in [0, 0.1) is 9.39 Å². The van der Waals surface area contributed by atoms with Gasteiger partial charge in [-0.1, -0.05) is 0 Å². The average Bonchev–Trinajstić information content (AvgIpc) is 2.51. The van der Waals surface area contributed by atoms with Crippen LogP contribution in [0.4, 0.5) is 15.8 Å². The Bertz CT molecular complexity index is 715. The maximum atomic E-state index is 14.0. The zero-order valence-electron chi connectivity index (χ0n) is 11.9. The summed E-state index contributed by atoms with van der Waals surface area (Å²) in [4.78, 5) is 16.3. The smallest absolute Gasteiger partial charge is 0.253 e. The van der Waals surface area contributed by atoms with E-state index in [-0.39, 0.29) is 18.2 Å². The lowest BCUT2D eigenvalue weighted by Gasteiger charge is -2.13. The maximum Gasteiger partial charge on any atom is 0.253 e. The van der Waals surface area contributed by atoms with Crippen LogP contribution < -0.4 is 10.6 Å². The molecule has 0 radical (unpaired) electrons. The number of rotatable bonds is 6. The number of hydrogen-bond acceptors (Lipinski definition) is 4. The van der Waals surface area contributed by atoms with Gasteiger partial charge in [0.1, 0.15) is 10.4 Å². The molecule has 0 spiro atoms. The second kappa shape index (κ2) is 8.55. The topological polar surface area (TPSA) is 74.2 Å². The van der Waals surface area contributed by atoms with Crippen molar-refractivity contribution in [3.8, 4) is 0 Å². The number of aliphatic hydroxyl groups excluding tert-OH is 1. The molecule has 1 heterocycles. The Hall–Kier alpha value is -1.26. The molecule has 0 fully saturated rings. The van der Waals surface area contributed by atoms with Gasteiger partial charge in [0.25, 0.3) is 5.91 Å². The molecule has 1 aromatic heterocycles. The van der Waals surface area contributed by atoms with Crippen molar-refractivity contribution in [2.24, 2.45) is 0 Å². The minimum Gasteiger partial charge on any atom is -0.396 e. The largest absolute Gasteiger partial charge is 0.396 e. The number of aromatic nitrogens is 1. The summed E-state index contributed by atoms with van der Waals surface area (Å²) in [6.45, 7) is 0.353. The molecule has 0 aliphatic heterocycles. The third-order valence-electron chi connectivity index (χ3n) is 2.94. The first-order valence-electron chi connectivity index (χ1n) is 6.78. The monoisotopic (exact) mass is 493 g/mol. The number of halogens is 3. The molecule has 0 saturated heterocycles. The highest BCUT2D eigenvalue weighted by molar-refractivity contribution is 14.1. The van der Waals surface area contributed by atoms with Gasteiger partial charge in [0, 0.05) is 16.7 Å². The first kappa shape index (κ1) is 18.1. The highest BCUT2D eigenvalue weighted by Gasteiger charge is 2.14. The first-order chi connectivity index (χ1) is 11.0. The van der Waals surface area contributed by atoms with Crippen LogP contribution >= 0.6 is 38.5 Å². The number of carbonyl (C=O) groups is 1. The summed E-state index contributed by atoms with van der Waals surface area (Å²) in [5.41, 5.74) is 0.997. The highest BCUT2D eigenvalue weighted by Crippen LogP contribution is 2.25. The van der Waals surface area contributed by atoms with E-state index in [9.17, 15) is 9.18 Å². The van der Waals surface area contributed by atoms with Gasteiger partial charge in [-0.25, -0.2) is 9.37 Å². The lowest BCUT2D eigenvalue weighted by molar-refractivity contribution is 0.0952. The fourth-order valence-corrected chi connectivity index (χ4v) is 2.61. The number of aliphatic hydroxyl groups is 1. The molecule has 5 nitrogen and oxygen atoms in total. The molecule has 2 aromatic rings. The van der Waals surface area contributed by atoms with E-state index in [1.165, 1.54) is 12.3 Å². The van der Waals surface area contributed by atoms with Crippen molar-refractivity contribution in [1.29, 1.82) is 0 Å². The molecule has 1 aromatic carbocycles. The van der Waals surface area contributed by atoms with Gasteiger partial charge in [0.15, 0.2) is 0 Å². The minimum absolute atomic E-state index is 0.000706. The Morgan fingerprint density at radius 3 is 2.83 bits per heavy atom. The summed E-state index contributed by atoms with van der Waals surface area (Å²) in [5.74, 6) is -0.735. The molecule has 0 saturated carbocycles. The second-order valence-electron chi connectivity index (χ2n) is 4.63. The fourth-order valence-electron chi connectivity index (χ4n) is 1.83. The molecule has 8 heteroatoms. The zero-order valence-corrected chi connectivity index (χ0v) is 15.7. The van der Waals surface area contributed by atoms with Gasteiger partial charge in [-0.05, 0) is 69.2 Å². The first-order valence-corrected chi connectivity index (χ1v) is 8.65. The summed E-state index contributed by atoms with van der Waals surface area (Å²) < 4.78 is 15.2. The Labute approximate surface area is 155 Å². The van der Waals surface area contributed by atoms with Gasteiger partial charge in [-0.15, -0.1) is 0 Å². The Balaban J connectivity index is 2.26. The molecule has 122 valence electrons. The van der Waals surface area contributed by atoms with E-state index in [0.29, 0.717) is 28.8 Å². The van der Waals surface area contributed by atoms with E-state index >= 15 is 0 Å². The normalized spacial score (nSPS) is 10.4. The van der Waals surface area contributed by atoms with Crippen LogP contribution in [0.1, 0.15) is 16.8 Å². The highest BCUT2D eigenvalue weighted by atomic mass is 127. The van der Waals surface area contributed by atoms with E-state index in [2.05, 4.69) is 31.5 Å². The summed E-state index contributed by atoms with van der Waals surface area (Å²) >= 11 is 5.24. The van der Waals surface area contributed by atoms with Crippen LogP contribution in [0.25, 0.3) is 0 Å². The number of benzene rings is 1. The quantitative estimate of drug-likeness (QED) is 0.327. The predicted molar refractivity (Wildman–Crippen MR) is 98.4 cm³/mol. The zero-order chi connectivity index (χ0) is 16.8. The number of amides is 1. The molecule has 0 atom stereocenters. The Kier molecular flexibility index (Phi) is 6.72. The molecule has 23 heavy (non-hydrogen) atoms. The van der Waals surface area contributed by atoms with Crippen molar-refractivity contribution in [2.75, 3.05) is 18.5 Å². The van der Waals surface area contributed by atoms with Gasteiger partial charge >= 0.3 is 0 Å². The molecule has 1 amide bonds. The van der Waals surface area contributed by atoms with Crippen LogP contribution in [0.5, 0.6) is 0 Å².